The third-order valence-electron chi connectivity index (χ3n) is 3.32. The molecule has 0 fully saturated rings. The Bertz CT molecular complexity index is 872. The van der Waals surface area contributed by atoms with Crippen molar-refractivity contribution in [2.75, 3.05) is 5.75 Å². The molecular weight excluding hydrogens is 376 g/mol. The number of nitrogens with zero attached hydrogens (tertiary/aromatic N) is 2. The van der Waals surface area contributed by atoms with Gasteiger partial charge in [-0.1, -0.05) is 41.5 Å². The van der Waals surface area contributed by atoms with Crippen molar-refractivity contribution in [2.24, 2.45) is 5.92 Å². The minimum Gasteiger partial charge on any atom is -0.467 e. The van der Waals surface area contributed by atoms with Crippen LogP contribution >= 0.6 is 27.7 Å². The molecule has 0 aliphatic rings. The first-order chi connectivity index (χ1) is 11.0. The topological polar surface area (TPSA) is 48.0 Å². The molecule has 4 nitrogen and oxygen atoms in total. The fourth-order valence-corrected chi connectivity index (χ4v) is 3.53. The Labute approximate surface area is 147 Å². The zero-order valence-corrected chi connectivity index (χ0v) is 15.4. The second-order valence-electron chi connectivity index (χ2n) is 5.73. The smallest absolute Gasteiger partial charge is 0.262 e. The van der Waals surface area contributed by atoms with Crippen LogP contribution in [-0.4, -0.2) is 15.3 Å². The van der Waals surface area contributed by atoms with Gasteiger partial charge in [0.2, 0.25) is 0 Å². The van der Waals surface area contributed by atoms with Gasteiger partial charge in [-0.15, -0.1) is 0 Å². The lowest BCUT2D eigenvalue weighted by Crippen LogP contribution is -2.24. The molecule has 3 rings (SSSR count). The summed E-state index contributed by atoms with van der Waals surface area (Å²) in [4.78, 5) is 17.6. The summed E-state index contributed by atoms with van der Waals surface area (Å²) in [7, 11) is 0. The van der Waals surface area contributed by atoms with Gasteiger partial charge in [-0.25, -0.2) is 4.98 Å². The van der Waals surface area contributed by atoms with Gasteiger partial charge in [-0.2, -0.15) is 0 Å². The maximum absolute atomic E-state index is 12.9. The largest absolute Gasteiger partial charge is 0.467 e. The van der Waals surface area contributed by atoms with E-state index in [2.05, 4.69) is 29.8 Å². The van der Waals surface area contributed by atoms with Crippen LogP contribution in [-0.2, 0) is 6.54 Å². The lowest BCUT2D eigenvalue weighted by Gasteiger charge is -2.13. The average molecular weight is 393 g/mol. The number of benzene rings is 1. The molecule has 0 amide bonds. The molecule has 0 aliphatic heterocycles. The van der Waals surface area contributed by atoms with Crippen LogP contribution in [0.4, 0.5) is 0 Å². The molecule has 2 aromatic heterocycles. The molecule has 2 heterocycles. The van der Waals surface area contributed by atoms with Crippen LogP contribution in [0.3, 0.4) is 0 Å². The Balaban J connectivity index is 2.13. The van der Waals surface area contributed by atoms with E-state index < -0.39 is 0 Å². The first-order valence-electron chi connectivity index (χ1n) is 7.40. The maximum atomic E-state index is 12.9. The van der Waals surface area contributed by atoms with Crippen LogP contribution in [0.2, 0.25) is 0 Å². The maximum Gasteiger partial charge on any atom is 0.262 e. The van der Waals surface area contributed by atoms with Crippen molar-refractivity contribution in [2.45, 2.75) is 25.5 Å². The van der Waals surface area contributed by atoms with Crippen molar-refractivity contribution in [1.82, 2.24) is 9.55 Å². The van der Waals surface area contributed by atoms with E-state index >= 15 is 0 Å². The van der Waals surface area contributed by atoms with Gasteiger partial charge in [-0.05, 0) is 36.2 Å². The molecule has 0 bridgehead atoms. The first-order valence-corrected chi connectivity index (χ1v) is 9.17. The van der Waals surface area contributed by atoms with Crippen LogP contribution in [0.15, 0.2) is 55.4 Å². The Morgan fingerprint density at radius 1 is 1.35 bits per heavy atom. The Morgan fingerprint density at radius 2 is 2.17 bits per heavy atom. The van der Waals surface area contributed by atoms with Gasteiger partial charge in [0.05, 0.1) is 23.7 Å². The van der Waals surface area contributed by atoms with Crippen LogP contribution in [0.1, 0.15) is 19.6 Å². The standard InChI is InChI=1S/C17H17BrN2O2S/c1-11(2)10-23-17-19-15-6-5-12(18)8-14(15)16(21)20(17)9-13-4-3-7-22-13/h3-8,11H,9-10H2,1-2H3. The van der Waals surface area contributed by atoms with Gasteiger partial charge in [-0.3, -0.25) is 9.36 Å². The highest BCUT2D eigenvalue weighted by Gasteiger charge is 2.14. The van der Waals surface area contributed by atoms with E-state index in [1.807, 2.05) is 30.3 Å². The number of halogens is 1. The highest BCUT2D eigenvalue weighted by molar-refractivity contribution is 9.10. The summed E-state index contributed by atoms with van der Waals surface area (Å²) in [5.41, 5.74) is 0.680. The van der Waals surface area contributed by atoms with E-state index in [9.17, 15) is 4.79 Å². The van der Waals surface area contributed by atoms with Gasteiger partial charge < -0.3 is 4.42 Å². The molecule has 0 atom stereocenters. The number of rotatable bonds is 5. The van der Waals surface area contributed by atoms with E-state index in [0.717, 1.165) is 26.7 Å². The molecule has 0 unspecified atom stereocenters. The lowest BCUT2D eigenvalue weighted by molar-refractivity contribution is 0.476. The minimum absolute atomic E-state index is 0.0426. The van der Waals surface area contributed by atoms with E-state index in [4.69, 9.17) is 9.40 Å². The zero-order chi connectivity index (χ0) is 16.4. The van der Waals surface area contributed by atoms with E-state index in [0.29, 0.717) is 17.8 Å². The predicted octanol–water partition coefficient (Wildman–Crippen LogP) is 4.55. The van der Waals surface area contributed by atoms with Crippen molar-refractivity contribution in [3.8, 4) is 0 Å². The number of thioether (sulfide) groups is 1. The second-order valence-corrected chi connectivity index (χ2v) is 7.63. The lowest BCUT2D eigenvalue weighted by atomic mass is 10.2. The van der Waals surface area contributed by atoms with Crippen LogP contribution in [0.25, 0.3) is 10.9 Å². The summed E-state index contributed by atoms with van der Waals surface area (Å²) in [6.45, 7) is 4.70. The quantitative estimate of drug-likeness (QED) is 0.472. The number of aromatic nitrogens is 2. The third-order valence-corrected chi connectivity index (χ3v) is 5.22. The summed E-state index contributed by atoms with van der Waals surface area (Å²) >= 11 is 5.03. The molecule has 0 N–H and O–H groups in total. The molecule has 6 heteroatoms. The Morgan fingerprint density at radius 3 is 2.87 bits per heavy atom. The van der Waals surface area contributed by atoms with Crippen molar-refractivity contribution in [3.63, 3.8) is 0 Å². The molecule has 0 spiro atoms. The SMILES string of the molecule is CC(C)CSc1nc2ccc(Br)cc2c(=O)n1Cc1ccco1. The molecule has 3 aromatic rings. The van der Waals surface area contributed by atoms with E-state index in [1.165, 1.54) is 0 Å². The van der Waals surface area contributed by atoms with Gasteiger partial charge in [0.1, 0.15) is 5.76 Å². The van der Waals surface area contributed by atoms with Crippen molar-refractivity contribution in [3.05, 3.63) is 57.2 Å². The zero-order valence-electron chi connectivity index (χ0n) is 13.0. The summed E-state index contributed by atoms with van der Waals surface area (Å²) in [5.74, 6) is 2.18. The summed E-state index contributed by atoms with van der Waals surface area (Å²) in [6.07, 6.45) is 1.62. The Hall–Kier alpha value is -1.53. The highest BCUT2D eigenvalue weighted by Crippen LogP contribution is 2.22. The van der Waals surface area contributed by atoms with Crippen LogP contribution in [0.5, 0.6) is 0 Å². The fraction of sp³-hybridized carbons (Fsp3) is 0.294. The van der Waals surface area contributed by atoms with E-state index in [-0.39, 0.29) is 5.56 Å². The molecule has 0 aliphatic carbocycles. The Kier molecular flexibility index (Phi) is 4.92. The summed E-state index contributed by atoms with van der Waals surface area (Å²) < 4.78 is 7.97. The van der Waals surface area contributed by atoms with Crippen molar-refractivity contribution in [1.29, 1.82) is 0 Å². The third kappa shape index (κ3) is 3.70. The molecule has 0 saturated heterocycles. The summed E-state index contributed by atoms with van der Waals surface area (Å²) in [6, 6.07) is 9.29. The monoisotopic (exact) mass is 392 g/mol. The molecule has 120 valence electrons. The number of hydrogen-bond donors (Lipinski definition) is 0. The second kappa shape index (κ2) is 6.93. The fourth-order valence-electron chi connectivity index (χ4n) is 2.22. The molecule has 0 radical (unpaired) electrons. The number of hydrogen-bond acceptors (Lipinski definition) is 4. The van der Waals surface area contributed by atoms with Gasteiger partial charge in [0, 0.05) is 10.2 Å². The van der Waals surface area contributed by atoms with Crippen LogP contribution < -0.4 is 5.56 Å². The van der Waals surface area contributed by atoms with Crippen LogP contribution in [0, 0.1) is 5.92 Å². The van der Waals surface area contributed by atoms with Gasteiger partial charge in [0.15, 0.2) is 5.16 Å². The summed E-state index contributed by atoms with van der Waals surface area (Å²) in [5, 5.41) is 1.34. The van der Waals surface area contributed by atoms with Gasteiger partial charge in [0.25, 0.3) is 5.56 Å². The predicted molar refractivity (Wildman–Crippen MR) is 97.1 cm³/mol. The van der Waals surface area contributed by atoms with Crippen molar-refractivity contribution < 1.29 is 4.42 Å². The minimum atomic E-state index is -0.0426. The molecular formula is C17H17BrN2O2S. The van der Waals surface area contributed by atoms with Gasteiger partial charge >= 0.3 is 0 Å². The number of fused-ring (bicyclic) bond motifs is 1. The highest BCUT2D eigenvalue weighted by atomic mass is 79.9. The first kappa shape index (κ1) is 16.3. The van der Waals surface area contributed by atoms with Crippen molar-refractivity contribution >= 4 is 38.6 Å². The molecule has 0 saturated carbocycles. The van der Waals surface area contributed by atoms with E-state index in [1.54, 1.807) is 22.6 Å². The average Bonchev–Trinajstić information content (AvgIpc) is 3.02. The number of furan rings is 1. The molecule has 1 aromatic carbocycles. The normalized spacial score (nSPS) is 11.5. The molecule has 23 heavy (non-hydrogen) atoms.